The van der Waals surface area contributed by atoms with Crippen molar-refractivity contribution in [2.24, 2.45) is 5.73 Å². The molecule has 0 bridgehead atoms. The van der Waals surface area contributed by atoms with E-state index in [4.69, 9.17) is 5.73 Å². The number of nitrogens with two attached hydrogens (primary N) is 1. The Morgan fingerprint density at radius 2 is 1.73 bits per heavy atom. The molecule has 3 rings (SSSR count). The molecule has 116 valence electrons. The second-order valence-corrected chi connectivity index (χ2v) is 8.14. The Labute approximate surface area is 129 Å². The highest BCUT2D eigenvalue weighted by molar-refractivity contribution is 7.89. The summed E-state index contributed by atoms with van der Waals surface area (Å²) >= 11 is 0. The van der Waals surface area contributed by atoms with Crippen LogP contribution < -0.4 is 5.73 Å². The molecular weight excluding hydrogens is 301 g/mol. The van der Waals surface area contributed by atoms with Gasteiger partial charge in [-0.05, 0) is 35.2 Å². The van der Waals surface area contributed by atoms with Crippen molar-refractivity contribution in [3.63, 3.8) is 0 Å². The van der Waals surface area contributed by atoms with Gasteiger partial charge in [0.15, 0.2) is 9.84 Å². The summed E-state index contributed by atoms with van der Waals surface area (Å²) in [6.07, 6.45) is 2.13. The van der Waals surface area contributed by atoms with Crippen LogP contribution in [-0.2, 0) is 15.6 Å². The predicted molar refractivity (Wildman–Crippen MR) is 85.7 cm³/mol. The minimum Gasteiger partial charge on any atom is -0.327 e. The minimum absolute atomic E-state index is 0.202. The summed E-state index contributed by atoms with van der Waals surface area (Å²) < 4.78 is 36.5. The second-order valence-electron chi connectivity index (χ2n) is 6.00. The molecule has 0 spiro atoms. The summed E-state index contributed by atoms with van der Waals surface area (Å²) in [4.78, 5) is 0. The van der Waals surface area contributed by atoms with Crippen LogP contribution in [0, 0.1) is 5.82 Å². The van der Waals surface area contributed by atoms with E-state index in [0.717, 1.165) is 23.8 Å². The van der Waals surface area contributed by atoms with Crippen LogP contribution in [0.1, 0.15) is 23.5 Å². The molecule has 2 atom stereocenters. The van der Waals surface area contributed by atoms with E-state index in [1.54, 1.807) is 12.1 Å². The molecule has 22 heavy (non-hydrogen) atoms. The fourth-order valence-electron chi connectivity index (χ4n) is 2.67. The maximum Gasteiger partial charge on any atom is 0.151 e. The summed E-state index contributed by atoms with van der Waals surface area (Å²) in [7, 11) is -3.27. The van der Waals surface area contributed by atoms with Gasteiger partial charge in [0.25, 0.3) is 0 Å². The molecule has 5 heteroatoms. The summed E-state index contributed by atoms with van der Waals surface area (Å²) in [5.41, 5.74) is 9.01. The highest BCUT2D eigenvalue weighted by Crippen LogP contribution is 2.39. The van der Waals surface area contributed by atoms with Gasteiger partial charge in [0, 0.05) is 23.8 Å². The average Bonchev–Trinajstić information content (AvgIpc) is 3.17. The Kier molecular flexibility index (Phi) is 3.78. The van der Waals surface area contributed by atoms with E-state index in [-0.39, 0.29) is 17.4 Å². The zero-order valence-corrected chi connectivity index (χ0v) is 13.1. The fraction of sp³-hybridized carbons (Fsp3) is 0.294. The maximum absolute atomic E-state index is 13.8. The van der Waals surface area contributed by atoms with E-state index in [1.807, 2.05) is 24.3 Å². The molecule has 0 saturated heterocycles. The highest BCUT2D eigenvalue weighted by Gasteiger charge is 2.34. The zero-order chi connectivity index (χ0) is 15.9. The van der Waals surface area contributed by atoms with Crippen molar-refractivity contribution in [1.29, 1.82) is 0 Å². The van der Waals surface area contributed by atoms with Crippen molar-refractivity contribution in [3.05, 3.63) is 59.4 Å². The first kappa shape index (κ1) is 15.2. The highest BCUT2D eigenvalue weighted by atomic mass is 32.2. The van der Waals surface area contributed by atoms with Crippen LogP contribution in [0.3, 0.4) is 0 Å². The third-order valence-corrected chi connectivity index (χ3v) is 4.81. The van der Waals surface area contributed by atoms with Gasteiger partial charge in [-0.3, -0.25) is 0 Å². The lowest BCUT2D eigenvalue weighted by atomic mass is 10.0. The number of hydrogen-bond acceptors (Lipinski definition) is 3. The van der Waals surface area contributed by atoms with Crippen molar-refractivity contribution in [2.45, 2.75) is 24.1 Å². The van der Waals surface area contributed by atoms with Crippen LogP contribution in [0.5, 0.6) is 0 Å². The average molecular weight is 319 g/mol. The number of hydrogen-bond donors (Lipinski definition) is 1. The summed E-state index contributed by atoms with van der Waals surface area (Å²) in [6.45, 7) is 0. The smallest absolute Gasteiger partial charge is 0.151 e. The Bertz CT molecular complexity index is 800. The molecule has 2 N–H and O–H groups in total. The van der Waals surface area contributed by atoms with Gasteiger partial charge in [0.2, 0.25) is 0 Å². The van der Waals surface area contributed by atoms with Crippen molar-refractivity contribution in [3.8, 4) is 11.1 Å². The van der Waals surface area contributed by atoms with Gasteiger partial charge in [-0.15, -0.1) is 0 Å². The molecule has 0 heterocycles. The Morgan fingerprint density at radius 3 is 2.27 bits per heavy atom. The molecule has 0 radical (unpaired) electrons. The minimum atomic E-state index is -3.27. The van der Waals surface area contributed by atoms with Gasteiger partial charge in [-0.1, -0.05) is 30.3 Å². The van der Waals surface area contributed by atoms with Crippen molar-refractivity contribution in [1.82, 2.24) is 0 Å². The quantitative estimate of drug-likeness (QED) is 0.942. The lowest BCUT2D eigenvalue weighted by molar-refractivity contribution is 0.592. The van der Waals surface area contributed by atoms with E-state index in [0.29, 0.717) is 5.92 Å². The molecule has 3 nitrogen and oxygen atoms in total. The first-order valence-corrected chi connectivity index (χ1v) is 9.21. The standard InChI is InChI=1S/C17H18FNO2S/c1-22(20,21)10-14-8-13(6-7-16(14)18)11-2-4-12(5-3-11)15-9-17(15)19/h2-8,15,17H,9-10,19H2,1H3/t15-,17+/m1/s1. The molecule has 0 amide bonds. The largest absolute Gasteiger partial charge is 0.327 e. The second kappa shape index (κ2) is 5.48. The molecule has 0 aromatic heterocycles. The van der Waals surface area contributed by atoms with Crippen molar-refractivity contribution < 1.29 is 12.8 Å². The topological polar surface area (TPSA) is 60.2 Å². The summed E-state index contributed by atoms with van der Waals surface area (Å²) in [6, 6.07) is 12.9. The number of benzene rings is 2. The number of rotatable bonds is 4. The molecular formula is C17H18FNO2S. The maximum atomic E-state index is 13.8. The molecule has 0 unspecified atom stereocenters. The van der Waals surface area contributed by atoms with Crippen LogP contribution in [0.2, 0.25) is 0 Å². The SMILES string of the molecule is CS(=O)(=O)Cc1cc(-c2ccc([C@H]3C[C@@H]3N)cc2)ccc1F. The molecule has 1 saturated carbocycles. The summed E-state index contributed by atoms with van der Waals surface area (Å²) in [5.74, 6) is -0.334. The van der Waals surface area contributed by atoms with E-state index in [2.05, 4.69) is 0 Å². The first-order chi connectivity index (χ1) is 10.3. The third-order valence-electron chi connectivity index (χ3n) is 3.98. The van der Waals surface area contributed by atoms with Gasteiger partial charge in [-0.25, -0.2) is 12.8 Å². The van der Waals surface area contributed by atoms with Crippen molar-refractivity contribution in [2.75, 3.05) is 6.26 Å². The van der Waals surface area contributed by atoms with E-state index in [9.17, 15) is 12.8 Å². The molecule has 1 fully saturated rings. The zero-order valence-electron chi connectivity index (χ0n) is 12.3. The van der Waals surface area contributed by atoms with Crippen molar-refractivity contribution >= 4 is 9.84 Å². The van der Waals surface area contributed by atoms with Crippen LogP contribution in [0.15, 0.2) is 42.5 Å². The van der Waals surface area contributed by atoms with E-state index in [1.165, 1.54) is 11.6 Å². The summed E-state index contributed by atoms with van der Waals surface area (Å²) in [5, 5.41) is 0. The lowest BCUT2D eigenvalue weighted by Gasteiger charge is -2.08. The number of halogens is 1. The lowest BCUT2D eigenvalue weighted by Crippen LogP contribution is -2.03. The first-order valence-electron chi connectivity index (χ1n) is 7.15. The van der Waals surface area contributed by atoms with Crippen LogP contribution in [0.25, 0.3) is 11.1 Å². The van der Waals surface area contributed by atoms with Crippen LogP contribution in [0.4, 0.5) is 4.39 Å². The third kappa shape index (κ3) is 3.36. The Balaban J connectivity index is 1.89. The van der Waals surface area contributed by atoms with Gasteiger partial charge in [-0.2, -0.15) is 0 Å². The molecule has 1 aliphatic rings. The molecule has 2 aromatic carbocycles. The fourth-order valence-corrected chi connectivity index (χ4v) is 3.45. The van der Waals surface area contributed by atoms with E-state index < -0.39 is 15.7 Å². The van der Waals surface area contributed by atoms with Crippen LogP contribution >= 0.6 is 0 Å². The van der Waals surface area contributed by atoms with E-state index >= 15 is 0 Å². The monoisotopic (exact) mass is 319 g/mol. The Hall–Kier alpha value is -1.72. The molecule has 1 aliphatic carbocycles. The normalized spacial score (nSPS) is 20.9. The van der Waals surface area contributed by atoms with Crippen LogP contribution in [-0.4, -0.2) is 20.7 Å². The molecule has 0 aliphatic heterocycles. The number of sulfone groups is 1. The Morgan fingerprint density at radius 1 is 1.14 bits per heavy atom. The van der Waals surface area contributed by atoms with Gasteiger partial charge in [0.1, 0.15) is 5.82 Å². The molecule has 2 aromatic rings. The predicted octanol–water partition coefficient (Wildman–Crippen LogP) is 2.85. The van der Waals surface area contributed by atoms with Gasteiger partial charge >= 0.3 is 0 Å². The van der Waals surface area contributed by atoms with Gasteiger partial charge < -0.3 is 5.73 Å². The van der Waals surface area contributed by atoms with Gasteiger partial charge in [0.05, 0.1) is 5.75 Å².